The summed E-state index contributed by atoms with van der Waals surface area (Å²) in [4.78, 5) is 15.0. The van der Waals surface area contributed by atoms with Crippen LogP contribution in [0.3, 0.4) is 0 Å². The Balaban J connectivity index is 1.53. The lowest BCUT2D eigenvalue weighted by molar-refractivity contribution is -0.0652. The highest BCUT2D eigenvalue weighted by molar-refractivity contribution is 5.69. The quantitative estimate of drug-likeness (QED) is 0.571. The van der Waals surface area contributed by atoms with E-state index in [2.05, 4.69) is 24.3 Å². The van der Waals surface area contributed by atoms with Crippen LogP contribution in [0.25, 0.3) is 0 Å². The van der Waals surface area contributed by atoms with E-state index >= 15 is 0 Å². The SMILES string of the molecule is C[C@@H]1C[C@@](O)(Cc2ccccc2)C[C@H](Cc2ccccc2)N1C(=O)OCc1ccccc1. The topological polar surface area (TPSA) is 49.8 Å². The van der Waals surface area contributed by atoms with Gasteiger partial charge in [0.25, 0.3) is 0 Å². The minimum Gasteiger partial charge on any atom is -0.445 e. The zero-order chi connectivity index (χ0) is 22.4. The Bertz CT molecular complexity index is 993. The number of nitrogens with zero attached hydrogens (tertiary/aromatic N) is 1. The molecule has 3 aromatic rings. The first-order chi connectivity index (χ1) is 15.5. The Labute approximate surface area is 190 Å². The Morgan fingerprint density at radius 2 is 1.41 bits per heavy atom. The Hall–Kier alpha value is -3.11. The highest BCUT2D eigenvalue weighted by Gasteiger charge is 2.44. The van der Waals surface area contributed by atoms with Gasteiger partial charge in [-0.05, 0) is 42.9 Å². The lowest BCUT2D eigenvalue weighted by Gasteiger charge is -2.47. The third kappa shape index (κ3) is 5.57. The molecule has 1 N–H and O–H groups in total. The van der Waals surface area contributed by atoms with Crippen LogP contribution in [-0.4, -0.2) is 33.8 Å². The second-order valence-corrected chi connectivity index (χ2v) is 8.93. The number of carbonyl (C=O) groups excluding carboxylic acids is 1. The molecule has 4 heteroatoms. The molecule has 0 aromatic heterocycles. The highest BCUT2D eigenvalue weighted by atomic mass is 16.6. The summed E-state index contributed by atoms with van der Waals surface area (Å²) in [5.74, 6) is 0. The lowest BCUT2D eigenvalue weighted by atomic mass is 9.77. The molecule has 0 bridgehead atoms. The van der Waals surface area contributed by atoms with Gasteiger partial charge in [-0.1, -0.05) is 91.0 Å². The Morgan fingerprint density at radius 1 is 0.875 bits per heavy atom. The first kappa shape index (κ1) is 22.1. The van der Waals surface area contributed by atoms with Crippen molar-refractivity contribution in [2.45, 2.75) is 56.9 Å². The van der Waals surface area contributed by atoms with Crippen LogP contribution in [-0.2, 0) is 24.2 Å². The standard InChI is InChI=1S/C28H31NO3/c1-22-18-28(31,19-24-13-7-3-8-14-24)20-26(17-23-11-5-2-6-12-23)29(22)27(30)32-21-25-15-9-4-10-16-25/h2-16,22,26,31H,17-21H2,1H3/t22-,26+,28-/m1/s1. The zero-order valence-electron chi connectivity index (χ0n) is 18.6. The van der Waals surface area contributed by atoms with Gasteiger partial charge >= 0.3 is 6.09 Å². The fourth-order valence-corrected chi connectivity index (χ4v) is 4.93. The van der Waals surface area contributed by atoms with E-state index in [-0.39, 0.29) is 24.8 Å². The molecule has 1 aliphatic heterocycles. The molecule has 3 atom stereocenters. The minimum atomic E-state index is -0.865. The normalized spacial score (nSPS) is 23.0. The van der Waals surface area contributed by atoms with E-state index in [4.69, 9.17) is 4.74 Å². The van der Waals surface area contributed by atoms with Crippen molar-refractivity contribution >= 4 is 6.09 Å². The van der Waals surface area contributed by atoms with Crippen molar-refractivity contribution in [3.05, 3.63) is 108 Å². The van der Waals surface area contributed by atoms with Crippen molar-refractivity contribution in [1.82, 2.24) is 4.90 Å². The molecular weight excluding hydrogens is 398 g/mol. The molecular formula is C28H31NO3. The molecule has 1 saturated heterocycles. The Kier molecular flexibility index (Phi) is 6.91. The van der Waals surface area contributed by atoms with Crippen molar-refractivity contribution in [2.75, 3.05) is 0 Å². The molecule has 1 amide bonds. The number of rotatable bonds is 6. The largest absolute Gasteiger partial charge is 0.445 e. The number of hydrogen-bond acceptors (Lipinski definition) is 3. The molecule has 32 heavy (non-hydrogen) atoms. The molecule has 0 unspecified atom stereocenters. The molecule has 0 aliphatic carbocycles. The first-order valence-corrected chi connectivity index (χ1v) is 11.3. The van der Waals surface area contributed by atoms with Crippen molar-refractivity contribution in [3.8, 4) is 0 Å². The van der Waals surface area contributed by atoms with Crippen LogP contribution < -0.4 is 0 Å². The molecule has 3 aromatic carbocycles. The van der Waals surface area contributed by atoms with E-state index in [0.717, 1.165) is 16.7 Å². The number of likely N-dealkylation sites (tertiary alicyclic amines) is 1. The predicted molar refractivity (Wildman–Crippen MR) is 126 cm³/mol. The summed E-state index contributed by atoms with van der Waals surface area (Å²) in [5, 5.41) is 11.6. The third-order valence-electron chi connectivity index (χ3n) is 6.27. The van der Waals surface area contributed by atoms with Gasteiger partial charge in [-0.25, -0.2) is 4.79 Å². The van der Waals surface area contributed by atoms with Crippen molar-refractivity contribution in [2.24, 2.45) is 0 Å². The fourth-order valence-electron chi connectivity index (χ4n) is 4.93. The van der Waals surface area contributed by atoms with Gasteiger partial charge in [0.1, 0.15) is 6.61 Å². The van der Waals surface area contributed by atoms with E-state index in [9.17, 15) is 9.90 Å². The van der Waals surface area contributed by atoms with Crippen LogP contribution in [0.5, 0.6) is 0 Å². The van der Waals surface area contributed by atoms with E-state index < -0.39 is 5.60 Å². The molecule has 1 heterocycles. The molecule has 1 fully saturated rings. The van der Waals surface area contributed by atoms with Gasteiger partial charge in [-0.3, -0.25) is 0 Å². The molecule has 0 radical (unpaired) electrons. The summed E-state index contributed by atoms with van der Waals surface area (Å²) in [6.45, 7) is 2.26. The highest BCUT2D eigenvalue weighted by Crippen LogP contribution is 2.36. The number of amides is 1. The average molecular weight is 430 g/mol. The lowest BCUT2D eigenvalue weighted by Crippen LogP contribution is -2.58. The maximum absolute atomic E-state index is 13.2. The molecule has 4 nitrogen and oxygen atoms in total. The monoisotopic (exact) mass is 429 g/mol. The van der Waals surface area contributed by atoms with Gasteiger partial charge in [0.2, 0.25) is 0 Å². The summed E-state index contributed by atoms with van der Waals surface area (Å²) in [6.07, 6.45) is 1.98. The summed E-state index contributed by atoms with van der Waals surface area (Å²) in [5.41, 5.74) is 2.36. The number of aliphatic hydroxyl groups is 1. The van der Waals surface area contributed by atoms with Crippen LogP contribution >= 0.6 is 0 Å². The summed E-state index contributed by atoms with van der Waals surface area (Å²) < 4.78 is 5.70. The van der Waals surface area contributed by atoms with Crippen LogP contribution in [0, 0.1) is 0 Å². The van der Waals surface area contributed by atoms with Crippen molar-refractivity contribution in [1.29, 1.82) is 0 Å². The van der Waals surface area contributed by atoms with Crippen LogP contribution in [0.15, 0.2) is 91.0 Å². The van der Waals surface area contributed by atoms with E-state index in [1.165, 1.54) is 0 Å². The first-order valence-electron chi connectivity index (χ1n) is 11.3. The van der Waals surface area contributed by atoms with E-state index in [1.807, 2.05) is 78.6 Å². The van der Waals surface area contributed by atoms with Gasteiger partial charge in [-0.2, -0.15) is 0 Å². The number of benzene rings is 3. The predicted octanol–water partition coefficient (Wildman–Crippen LogP) is 5.39. The number of ether oxygens (including phenoxy) is 1. The van der Waals surface area contributed by atoms with Gasteiger partial charge in [-0.15, -0.1) is 0 Å². The molecule has 1 aliphatic rings. The second kappa shape index (κ2) is 10.0. The fraction of sp³-hybridized carbons (Fsp3) is 0.321. The Morgan fingerprint density at radius 3 is 2.00 bits per heavy atom. The smallest absolute Gasteiger partial charge is 0.410 e. The maximum atomic E-state index is 13.2. The summed E-state index contributed by atoms with van der Waals surface area (Å²) in [7, 11) is 0. The van der Waals surface area contributed by atoms with Gasteiger partial charge < -0.3 is 14.7 Å². The van der Waals surface area contributed by atoms with E-state index in [0.29, 0.717) is 25.7 Å². The van der Waals surface area contributed by atoms with E-state index in [1.54, 1.807) is 0 Å². The maximum Gasteiger partial charge on any atom is 0.410 e. The van der Waals surface area contributed by atoms with Crippen molar-refractivity contribution < 1.29 is 14.6 Å². The summed E-state index contributed by atoms with van der Waals surface area (Å²) >= 11 is 0. The molecule has 0 saturated carbocycles. The summed E-state index contributed by atoms with van der Waals surface area (Å²) in [6, 6.07) is 29.7. The average Bonchev–Trinajstić information content (AvgIpc) is 2.79. The van der Waals surface area contributed by atoms with Gasteiger partial charge in [0.05, 0.1) is 5.60 Å². The number of piperidine rings is 1. The third-order valence-corrected chi connectivity index (χ3v) is 6.27. The van der Waals surface area contributed by atoms with Crippen LogP contribution in [0.2, 0.25) is 0 Å². The molecule has 4 rings (SSSR count). The number of carbonyl (C=O) groups is 1. The van der Waals surface area contributed by atoms with Crippen molar-refractivity contribution in [3.63, 3.8) is 0 Å². The number of hydrogen-bond donors (Lipinski definition) is 1. The van der Waals surface area contributed by atoms with Gasteiger partial charge in [0, 0.05) is 18.5 Å². The molecule has 166 valence electrons. The van der Waals surface area contributed by atoms with Gasteiger partial charge in [0.15, 0.2) is 0 Å². The minimum absolute atomic E-state index is 0.130. The molecule has 0 spiro atoms. The second-order valence-electron chi connectivity index (χ2n) is 8.93. The van der Waals surface area contributed by atoms with Crippen LogP contribution in [0.1, 0.15) is 36.5 Å². The zero-order valence-corrected chi connectivity index (χ0v) is 18.6. The van der Waals surface area contributed by atoms with Crippen LogP contribution in [0.4, 0.5) is 4.79 Å².